The van der Waals surface area contributed by atoms with Gasteiger partial charge in [0.15, 0.2) is 0 Å². The number of carbonyl (C=O) groups is 1. The summed E-state index contributed by atoms with van der Waals surface area (Å²) in [5.41, 5.74) is 0. The monoisotopic (exact) mass is 284 g/mol. The second kappa shape index (κ2) is 6.51. The van der Waals surface area contributed by atoms with Gasteiger partial charge in [0, 0.05) is 33.1 Å². The van der Waals surface area contributed by atoms with Crippen LogP contribution in [0.3, 0.4) is 0 Å². The molecule has 7 nitrogen and oxygen atoms in total. The zero-order chi connectivity index (χ0) is 13.7. The van der Waals surface area contributed by atoms with Gasteiger partial charge in [-0.1, -0.05) is 0 Å². The van der Waals surface area contributed by atoms with E-state index in [0.717, 1.165) is 25.9 Å². The third-order valence-electron chi connectivity index (χ3n) is 2.90. The lowest BCUT2D eigenvalue weighted by Gasteiger charge is -2.15. The predicted molar refractivity (Wildman–Crippen MR) is 73.5 cm³/mol. The number of nitrogens with one attached hydrogen (secondary N) is 2. The average molecular weight is 285 g/mol. The van der Waals surface area contributed by atoms with E-state index in [2.05, 4.69) is 30.5 Å². The van der Waals surface area contributed by atoms with E-state index in [4.69, 9.17) is 11.6 Å². The molecule has 0 saturated carbocycles. The van der Waals surface area contributed by atoms with Crippen molar-refractivity contribution in [2.75, 3.05) is 36.9 Å². The van der Waals surface area contributed by atoms with Crippen LogP contribution in [0.25, 0.3) is 0 Å². The molecule has 2 heterocycles. The van der Waals surface area contributed by atoms with Crippen molar-refractivity contribution in [1.82, 2.24) is 20.3 Å². The van der Waals surface area contributed by atoms with Crippen molar-refractivity contribution in [3.05, 3.63) is 5.28 Å². The number of amides is 1. The lowest BCUT2D eigenvalue weighted by Crippen LogP contribution is -2.23. The highest BCUT2D eigenvalue weighted by Crippen LogP contribution is 2.18. The number of hydrogen-bond acceptors (Lipinski definition) is 6. The van der Waals surface area contributed by atoms with Gasteiger partial charge in [0.1, 0.15) is 0 Å². The summed E-state index contributed by atoms with van der Waals surface area (Å²) in [5, 5.41) is 5.70. The van der Waals surface area contributed by atoms with E-state index < -0.39 is 0 Å². The highest BCUT2D eigenvalue weighted by molar-refractivity contribution is 6.28. The number of hydrogen-bond donors (Lipinski definition) is 2. The minimum atomic E-state index is -0.0348. The molecule has 0 aliphatic carbocycles. The molecule has 0 unspecified atom stereocenters. The van der Waals surface area contributed by atoms with Gasteiger partial charge in [0.05, 0.1) is 0 Å². The van der Waals surface area contributed by atoms with E-state index in [1.807, 2.05) is 0 Å². The van der Waals surface area contributed by atoms with E-state index in [-0.39, 0.29) is 11.2 Å². The Morgan fingerprint density at radius 1 is 1.32 bits per heavy atom. The van der Waals surface area contributed by atoms with Crippen molar-refractivity contribution >= 4 is 29.4 Å². The average Bonchev–Trinajstić information content (AvgIpc) is 2.91. The quantitative estimate of drug-likeness (QED) is 0.827. The molecule has 0 atom stereocenters. The molecule has 0 spiro atoms. The lowest BCUT2D eigenvalue weighted by atomic mass is 10.4. The van der Waals surface area contributed by atoms with Crippen molar-refractivity contribution in [1.29, 1.82) is 0 Å². The molecule has 1 aromatic rings. The summed E-state index contributed by atoms with van der Waals surface area (Å²) in [6.45, 7) is 2.34. The Hall–Kier alpha value is -1.63. The molecule has 1 amide bonds. The number of carbonyl (C=O) groups excluding carboxylic acids is 1. The number of aromatic nitrogens is 3. The predicted octanol–water partition coefficient (Wildman–Crippen LogP) is 0.673. The smallest absolute Gasteiger partial charge is 0.231 e. The normalized spacial score (nSPS) is 14.5. The number of rotatable bonds is 5. The maximum absolute atomic E-state index is 11.1. The molecular formula is C11H17ClN6O. The highest BCUT2D eigenvalue weighted by atomic mass is 35.5. The molecule has 1 saturated heterocycles. The van der Waals surface area contributed by atoms with E-state index in [1.165, 1.54) is 0 Å². The molecule has 8 heteroatoms. The summed E-state index contributed by atoms with van der Waals surface area (Å²) in [6, 6.07) is 0. The molecule has 0 radical (unpaired) electrons. The third-order valence-corrected chi connectivity index (χ3v) is 3.07. The van der Waals surface area contributed by atoms with Crippen LogP contribution >= 0.6 is 11.6 Å². The van der Waals surface area contributed by atoms with Gasteiger partial charge in [0.2, 0.25) is 23.1 Å². The number of nitrogens with zero attached hydrogens (tertiary/aromatic N) is 4. The van der Waals surface area contributed by atoms with Crippen LogP contribution in [0.2, 0.25) is 5.28 Å². The molecule has 2 rings (SSSR count). The maximum atomic E-state index is 11.1. The molecule has 0 aromatic carbocycles. The van der Waals surface area contributed by atoms with Gasteiger partial charge in [-0.25, -0.2) is 0 Å². The molecule has 1 aliphatic rings. The fraction of sp³-hybridized carbons (Fsp3) is 0.636. The molecule has 2 N–H and O–H groups in total. The first kappa shape index (κ1) is 13.8. The van der Waals surface area contributed by atoms with Crippen LogP contribution in [0.4, 0.5) is 11.9 Å². The van der Waals surface area contributed by atoms with Crippen LogP contribution in [0.5, 0.6) is 0 Å². The van der Waals surface area contributed by atoms with Gasteiger partial charge < -0.3 is 15.5 Å². The number of anilines is 2. The second-order valence-electron chi connectivity index (χ2n) is 4.27. The zero-order valence-corrected chi connectivity index (χ0v) is 11.6. The molecule has 19 heavy (non-hydrogen) atoms. The van der Waals surface area contributed by atoms with E-state index in [9.17, 15) is 4.79 Å². The molecule has 1 aromatic heterocycles. The van der Waals surface area contributed by atoms with Crippen LogP contribution in [0.1, 0.15) is 19.3 Å². The van der Waals surface area contributed by atoms with Crippen molar-refractivity contribution in [2.24, 2.45) is 0 Å². The largest absolute Gasteiger partial charge is 0.359 e. The van der Waals surface area contributed by atoms with E-state index in [1.54, 1.807) is 7.05 Å². The van der Waals surface area contributed by atoms with Crippen molar-refractivity contribution < 1.29 is 4.79 Å². The van der Waals surface area contributed by atoms with E-state index in [0.29, 0.717) is 24.9 Å². The fourth-order valence-electron chi connectivity index (χ4n) is 1.89. The molecule has 1 fully saturated rings. The first-order chi connectivity index (χ1) is 9.19. The van der Waals surface area contributed by atoms with Gasteiger partial charge >= 0.3 is 0 Å². The minimum Gasteiger partial charge on any atom is -0.359 e. The standard InChI is InChI=1S/C11H17ClN6O/c1-13-8(19)4-5-14-10-15-9(12)16-11(17-10)18-6-2-3-7-18/h2-7H2,1H3,(H,13,19)(H,14,15,16,17). The van der Waals surface area contributed by atoms with Crippen LogP contribution in [0.15, 0.2) is 0 Å². The Morgan fingerprint density at radius 2 is 2.05 bits per heavy atom. The SMILES string of the molecule is CNC(=O)CCNc1nc(Cl)nc(N2CCCC2)n1. The minimum absolute atomic E-state index is 0.0348. The Labute approximate surface area is 116 Å². The zero-order valence-electron chi connectivity index (χ0n) is 10.8. The summed E-state index contributed by atoms with van der Waals surface area (Å²) >= 11 is 5.89. The van der Waals surface area contributed by atoms with Gasteiger partial charge in [-0.05, 0) is 24.4 Å². The van der Waals surface area contributed by atoms with Gasteiger partial charge in [-0.3, -0.25) is 4.79 Å². The van der Waals surface area contributed by atoms with Crippen molar-refractivity contribution in [3.8, 4) is 0 Å². The summed E-state index contributed by atoms with van der Waals surface area (Å²) in [6.07, 6.45) is 2.64. The van der Waals surface area contributed by atoms with Crippen molar-refractivity contribution in [2.45, 2.75) is 19.3 Å². The van der Waals surface area contributed by atoms with Crippen LogP contribution in [0, 0.1) is 0 Å². The maximum Gasteiger partial charge on any atom is 0.231 e. The topological polar surface area (TPSA) is 83.0 Å². The molecular weight excluding hydrogens is 268 g/mol. The Balaban J connectivity index is 1.98. The fourth-order valence-corrected chi connectivity index (χ4v) is 2.05. The Bertz CT molecular complexity index is 449. The first-order valence-corrected chi connectivity index (χ1v) is 6.68. The molecule has 0 bridgehead atoms. The molecule has 104 valence electrons. The summed E-state index contributed by atoms with van der Waals surface area (Å²) in [7, 11) is 1.60. The second-order valence-corrected chi connectivity index (χ2v) is 4.61. The van der Waals surface area contributed by atoms with Crippen LogP contribution in [-0.4, -0.2) is 47.5 Å². The van der Waals surface area contributed by atoms with Gasteiger partial charge in [-0.2, -0.15) is 15.0 Å². The summed E-state index contributed by atoms with van der Waals surface area (Å²) in [4.78, 5) is 25.6. The lowest BCUT2D eigenvalue weighted by molar-refractivity contribution is -0.120. The number of halogens is 1. The Morgan fingerprint density at radius 3 is 2.74 bits per heavy atom. The molecule has 1 aliphatic heterocycles. The van der Waals surface area contributed by atoms with Crippen LogP contribution < -0.4 is 15.5 Å². The van der Waals surface area contributed by atoms with Crippen molar-refractivity contribution in [3.63, 3.8) is 0 Å². The summed E-state index contributed by atoms with van der Waals surface area (Å²) in [5.74, 6) is 0.971. The van der Waals surface area contributed by atoms with Crippen LogP contribution in [-0.2, 0) is 4.79 Å². The van der Waals surface area contributed by atoms with E-state index >= 15 is 0 Å². The third kappa shape index (κ3) is 3.92. The van der Waals surface area contributed by atoms with Gasteiger partial charge in [0.25, 0.3) is 0 Å². The Kier molecular flexibility index (Phi) is 4.73. The highest BCUT2D eigenvalue weighted by Gasteiger charge is 2.16. The summed E-state index contributed by atoms with van der Waals surface area (Å²) < 4.78 is 0. The first-order valence-electron chi connectivity index (χ1n) is 6.30. The van der Waals surface area contributed by atoms with Gasteiger partial charge in [-0.15, -0.1) is 0 Å².